The standard InChI is InChI=1S/C19H24N2O/c1-4-21(17-11-6-5-7-12-17)18(22)13-14-20-19-15(2)9-8-10-16(19)3/h5-12,20H,4,13-14H2,1-3H3. The SMILES string of the molecule is CCN(C(=O)CCNc1c(C)cccc1C)c1ccccc1. The molecular weight excluding hydrogens is 272 g/mol. The zero-order valence-electron chi connectivity index (χ0n) is 13.6. The molecule has 3 nitrogen and oxygen atoms in total. The second-order valence-electron chi connectivity index (χ2n) is 5.42. The molecule has 0 radical (unpaired) electrons. The van der Waals surface area contributed by atoms with Gasteiger partial charge in [-0.2, -0.15) is 0 Å². The maximum atomic E-state index is 12.4. The van der Waals surface area contributed by atoms with E-state index in [0.717, 1.165) is 11.4 Å². The van der Waals surface area contributed by atoms with Gasteiger partial charge in [-0.25, -0.2) is 0 Å². The maximum Gasteiger partial charge on any atom is 0.228 e. The minimum Gasteiger partial charge on any atom is -0.384 e. The molecule has 0 aliphatic carbocycles. The van der Waals surface area contributed by atoms with Crippen LogP contribution in [0.2, 0.25) is 0 Å². The Kier molecular flexibility index (Phi) is 5.59. The van der Waals surface area contributed by atoms with E-state index >= 15 is 0 Å². The van der Waals surface area contributed by atoms with Crippen molar-refractivity contribution in [2.75, 3.05) is 23.3 Å². The molecule has 22 heavy (non-hydrogen) atoms. The number of rotatable bonds is 6. The van der Waals surface area contributed by atoms with Crippen molar-refractivity contribution in [3.8, 4) is 0 Å². The first-order valence-electron chi connectivity index (χ1n) is 7.79. The van der Waals surface area contributed by atoms with E-state index in [-0.39, 0.29) is 5.91 Å². The van der Waals surface area contributed by atoms with Gasteiger partial charge >= 0.3 is 0 Å². The van der Waals surface area contributed by atoms with Crippen LogP contribution in [0, 0.1) is 13.8 Å². The van der Waals surface area contributed by atoms with Gasteiger partial charge in [0, 0.05) is 30.9 Å². The highest BCUT2D eigenvalue weighted by molar-refractivity contribution is 5.93. The summed E-state index contributed by atoms with van der Waals surface area (Å²) in [4.78, 5) is 14.2. The minimum atomic E-state index is 0.146. The Morgan fingerprint density at radius 1 is 1.00 bits per heavy atom. The maximum absolute atomic E-state index is 12.4. The molecule has 2 aromatic rings. The van der Waals surface area contributed by atoms with E-state index in [0.29, 0.717) is 19.5 Å². The molecule has 0 aliphatic rings. The predicted molar refractivity (Wildman–Crippen MR) is 93.5 cm³/mol. The molecule has 0 heterocycles. The first kappa shape index (κ1) is 16.1. The van der Waals surface area contributed by atoms with Crippen molar-refractivity contribution in [1.29, 1.82) is 0 Å². The molecule has 1 amide bonds. The second kappa shape index (κ2) is 7.64. The lowest BCUT2D eigenvalue weighted by molar-refractivity contribution is -0.118. The van der Waals surface area contributed by atoms with Gasteiger partial charge in [0.05, 0.1) is 0 Å². The Morgan fingerprint density at radius 2 is 1.64 bits per heavy atom. The zero-order chi connectivity index (χ0) is 15.9. The van der Waals surface area contributed by atoms with E-state index in [1.165, 1.54) is 11.1 Å². The molecule has 1 N–H and O–H groups in total. The van der Waals surface area contributed by atoms with Crippen LogP contribution in [-0.4, -0.2) is 19.0 Å². The van der Waals surface area contributed by atoms with Crippen LogP contribution in [0.1, 0.15) is 24.5 Å². The van der Waals surface area contributed by atoms with E-state index in [1.807, 2.05) is 42.2 Å². The number of carbonyl (C=O) groups is 1. The van der Waals surface area contributed by atoms with Crippen LogP contribution in [0.15, 0.2) is 48.5 Å². The molecule has 2 aromatic carbocycles. The molecule has 0 unspecified atom stereocenters. The predicted octanol–water partition coefficient (Wildman–Crippen LogP) is 4.16. The monoisotopic (exact) mass is 296 g/mol. The highest BCUT2D eigenvalue weighted by atomic mass is 16.2. The fraction of sp³-hybridized carbons (Fsp3) is 0.316. The Balaban J connectivity index is 1.95. The molecule has 0 aliphatic heterocycles. The largest absolute Gasteiger partial charge is 0.384 e. The number of amides is 1. The summed E-state index contributed by atoms with van der Waals surface area (Å²) in [6, 6.07) is 16.0. The summed E-state index contributed by atoms with van der Waals surface area (Å²) in [5.74, 6) is 0.146. The Bertz CT molecular complexity index is 602. The summed E-state index contributed by atoms with van der Waals surface area (Å²) >= 11 is 0. The minimum absolute atomic E-state index is 0.146. The third-order valence-electron chi connectivity index (χ3n) is 3.81. The summed E-state index contributed by atoms with van der Waals surface area (Å²) < 4.78 is 0. The van der Waals surface area contributed by atoms with E-state index in [1.54, 1.807) is 0 Å². The Labute approximate surface area is 133 Å². The summed E-state index contributed by atoms with van der Waals surface area (Å²) in [7, 11) is 0. The van der Waals surface area contributed by atoms with Gasteiger partial charge in [0.2, 0.25) is 5.91 Å². The smallest absolute Gasteiger partial charge is 0.228 e. The Morgan fingerprint density at radius 3 is 2.23 bits per heavy atom. The number of nitrogens with zero attached hydrogens (tertiary/aromatic N) is 1. The number of benzene rings is 2. The number of aryl methyl sites for hydroxylation is 2. The normalized spacial score (nSPS) is 10.3. The molecule has 3 heteroatoms. The molecule has 0 bridgehead atoms. The number of anilines is 2. The summed E-state index contributed by atoms with van der Waals surface area (Å²) in [6.45, 7) is 7.50. The second-order valence-corrected chi connectivity index (χ2v) is 5.42. The van der Waals surface area contributed by atoms with Crippen LogP contribution in [0.4, 0.5) is 11.4 Å². The molecule has 0 saturated carbocycles. The summed E-state index contributed by atoms with van der Waals surface area (Å²) in [5, 5.41) is 3.40. The van der Waals surface area contributed by atoms with Gasteiger partial charge in [0.25, 0.3) is 0 Å². The van der Waals surface area contributed by atoms with E-state index in [4.69, 9.17) is 0 Å². The number of nitrogens with one attached hydrogen (secondary N) is 1. The molecule has 0 fully saturated rings. The molecule has 2 rings (SSSR count). The molecule has 116 valence electrons. The molecule has 0 aromatic heterocycles. The average Bonchev–Trinajstić information content (AvgIpc) is 2.52. The first-order valence-corrected chi connectivity index (χ1v) is 7.79. The fourth-order valence-electron chi connectivity index (χ4n) is 2.63. The third-order valence-corrected chi connectivity index (χ3v) is 3.81. The van der Waals surface area contributed by atoms with Gasteiger partial charge in [0.1, 0.15) is 0 Å². The number of hydrogen-bond donors (Lipinski definition) is 1. The van der Waals surface area contributed by atoms with Crippen molar-refractivity contribution >= 4 is 17.3 Å². The fourth-order valence-corrected chi connectivity index (χ4v) is 2.63. The van der Waals surface area contributed by atoms with Crippen LogP contribution >= 0.6 is 0 Å². The zero-order valence-corrected chi connectivity index (χ0v) is 13.6. The topological polar surface area (TPSA) is 32.3 Å². The van der Waals surface area contributed by atoms with Crippen molar-refractivity contribution in [3.63, 3.8) is 0 Å². The van der Waals surface area contributed by atoms with Crippen LogP contribution in [0.5, 0.6) is 0 Å². The highest BCUT2D eigenvalue weighted by Gasteiger charge is 2.13. The van der Waals surface area contributed by atoms with Gasteiger partial charge < -0.3 is 10.2 Å². The van der Waals surface area contributed by atoms with Crippen molar-refractivity contribution < 1.29 is 4.79 Å². The van der Waals surface area contributed by atoms with Gasteiger partial charge in [0.15, 0.2) is 0 Å². The van der Waals surface area contributed by atoms with Crippen molar-refractivity contribution in [1.82, 2.24) is 0 Å². The first-order chi connectivity index (χ1) is 10.6. The quantitative estimate of drug-likeness (QED) is 0.868. The molecule has 0 atom stereocenters. The highest BCUT2D eigenvalue weighted by Crippen LogP contribution is 2.19. The van der Waals surface area contributed by atoms with Crippen molar-refractivity contribution in [2.45, 2.75) is 27.2 Å². The van der Waals surface area contributed by atoms with Crippen molar-refractivity contribution in [3.05, 3.63) is 59.7 Å². The van der Waals surface area contributed by atoms with E-state index in [2.05, 4.69) is 37.4 Å². The van der Waals surface area contributed by atoms with Crippen LogP contribution in [0.3, 0.4) is 0 Å². The van der Waals surface area contributed by atoms with E-state index in [9.17, 15) is 4.79 Å². The van der Waals surface area contributed by atoms with Gasteiger partial charge in [-0.1, -0.05) is 36.4 Å². The average molecular weight is 296 g/mol. The van der Waals surface area contributed by atoms with Crippen LogP contribution in [-0.2, 0) is 4.79 Å². The molecule has 0 saturated heterocycles. The lowest BCUT2D eigenvalue weighted by Gasteiger charge is -2.21. The lowest BCUT2D eigenvalue weighted by Crippen LogP contribution is -2.31. The van der Waals surface area contributed by atoms with Gasteiger partial charge in [-0.3, -0.25) is 4.79 Å². The lowest BCUT2D eigenvalue weighted by atomic mass is 10.1. The number of hydrogen-bond acceptors (Lipinski definition) is 2. The Hall–Kier alpha value is -2.29. The molecule has 0 spiro atoms. The van der Waals surface area contributed by atoms with Crippen molar-refractivity contribution in [2.24, 2.45) is 0 Å². The third kappa shape index (κ3) is 3.88. The van der Waals surface area contributed by atoms with Gasteiger partial charge in [-0.05, 0) is 44.0 Å². The number of para-hydroxylation sites is 2. The summed E-state index contributed by atoms with van der Waals surface area (Å²) in [5.41, 5.74) is 4.52. The van der Waals surface area contributed by atoms with Gasteiger partial charge in [-0.15, -0.1) is 0 Å². The van der Waals surface area contributed by atoms with E-state index < -0.39 is 0 Å². The summed E-state index contributed by atoms with van der Waals surface area (Å²) in [6.07, 6.45) is 0.483. The molecular formula is C19H24N2O. The van der Waals surface area contributed by atoms with Crippen LogP contribution < -0.4 is 10.2 Å². The van der Waals surface area contributed by atoms with Crippen LogP contribution in [0.25, 0.3) is 0 Å². The number of carbonyl (C=O) groups excluding carboxylic acids is 1.